The Hall–Kier alpha value is -1.20. The fraction of sp³-hybridized carbons (Fsp3) is 0.182. The topological polar surface area (TPSA) is 43.8 Å². The van der Waals surface area contributed by atoms with Gasteiger partial charge in [0.25, 0.3) is 0 Å². The summed E-state index contributed by atoms with van der Waals surface area (Å²) in [5.74, 6) is 1.12. The molecule has 0 radical (unpaired) electrons. The molecule has 0 unspecified atom stereocenters. The van der Waals surface area contributed by atoms with Gasteiger partial charge in [-0.05, 0) is 18.2 Å². The molecular formula is C11H11ClFN3S. The third-order valence-corrected chi connectivity index (χ3v) is 3.78. The van der Waals surface area contributed by atoms with Crippen molar-refractivity contribution in [1.82, 2.24) is 9.55 Å². The zero-order valence-corrected chi connectivity index (χ0v) is 10.7. The van der Waals surface area contributed by atoms with Gasteiger partial charge in [0, 0.05) is 17.6 Å². The van der Waals surface area contributed by atoms with Crippen molar-refractivity contribution < 1.29 is 4.39 Å². The van der Waals surface area contributed by atoms with Crippen LogP contribution in [0.4, 0.5) is 10.1 Å². The van der Waals surface area contributed by atoms with Crippen LogP contribution in [-0.4, -0.2) is 9.55 Å². The average Bonchev–Trinajstić information content (AvgIpc) is 2.62. The number of hydrogen-bond donors (Lipinski definition) is 1. The molecule has 6 heteroatoms. The number of anilines is 1. The van der Waals surface area contributed by atoms with Crippen LogP contribution in [0.2, 0.25) is 5.15 Å². The van der Waals surface area contributed by atoms with Gasteiger partial charge in [0.05, 0.1) is 11.9 Å². The van der Waals surface area contributed by atoms with Gasteiger partial charge < -0.3 is 10.3 Å². The third kappa shape index (κ3) is 2.73. The number of halogens is 2. The van der Waals surface area contributed by atoms with Gasteiger partial charge in [-0.1, -0.05) is 11.6 Å². The molecule has 1 aromatic carbocycles. The molecule has 0 atom stereocenters. The Labute approximate surface area is 108 Å². The molecule has 1 heterocycles. The first-order valence-corrected chi connectivity index (χ1v) is 6.28. The number of nitrogen functional groups attached to an aromatic ring is 1. The van der Waals surface area contributed by atoms with Crippen LogP contribution < -0.4 is 5.73 Å². The maximum absolute atomic E-state index is 13.0. The third-order valence-electron chi connectivity index (χ3n) is 2.36. The molecule has 1 aromatic heterocycles. The summed E-state index contributed by atoms with van der Waals surface area (Å²) in [6.07, 6.45) is 1.59. The van der Waals surface area contributed by atoms with Crippen molar-refractivity contribution in [3.8, 4) is 0 Å². The van der Waals surface area contributed by atoms with Crippen LogP contribution in [0, 0.1) is 5.82 Å². The molecule has 0 amide bonds. The maximum Gasteiger partial charge on any atom is 0.128 e. The normalized spacial score (nSPS) is 10.8. The van der Waals surface area contributed by atoms with E-state index in [-0.39, 0.29) is 5.82 Å². The molecule has 0 fully saturated rings. The van der Waals surface area contributed by atoms with Gasteiger partial charge in [0.15, 0.2) is 0 Å². The fourth-order valence-electron chi connectivity index (χ4n) is 1.33. The summed E-state index contributed by atoms with van der Waals surface area (Å²) in [5, 5.41) is 0.577. The van der Waals surface area contributed by atoms with E-state index < -0.39 is 0 Å². The largest absolute Gasteiger partial charge is 0.398 e. The lowest BCUT2D eigenvalue weighted by molar-refractivity contribution is 0.624. The molecule has 0 saturated carbocycles. The van der Waals surface area contributed by atoms with Crippen LogP contribution in [-0.2, 0) is 12.8 Å². The second-order valence-corrected chi connectivity index (χ2v) is 4.93. The van der Waals surface area contributed by atoms with Crippen molar-refractivity contribution in [3.05, 3.63) is 41.2 Å². The molecule has 3 nitrogen and oxygen atoms in total. The summed E-state index contributed by atoms with van der Waals surface area (Å²) in [4.78, 5) is 4.87. The minimum absolute atomic E-state index is 0.292. The summed E-state index contributed by atoms with van der Waals surface area (Å²) >= 11 is 7.31. The average molecular weight is 272 g/mol. The number of benzene rings is 1. The highest BCUT2D eigenvalue weighted by molar-refractivity contribution is 7.98. The lowest BCUT2D eigenvalue weighted by Gasteiger charge is -2.05. The first kappa shape index (κ1) is 12.3. The van der Waals surface area contributed by atoms with Gasteiger partial charge in [0.1, 0.15) is 16.8 Å². The van der Waals surface area contributed by atoms with Crippen LogP contribution in [0.1, 0.15) is 5.82 Å². The molecule has 2 aromatic rings. The molecule has 2 N–H and O–H groups in total. The first-order chi connectivity index (χ1) is 8.08. The number of nitrogens with zero attached hydrogens (tertiary/aromatic N) is 2. The van der Waals surface area contributed by atoms with Gasteiger partial charge in [-0.15, -0.1) is 11.8 Å². The number of nitrogens with two attached hydrogens (primary N) is 1. The van der Waals surface area contributed by atoms with E-state index >= 15 is 0 Å². The van der Waals surface area contributed by atoms with Crippen molar-refractivity contribution in [2.24, 2.45) is 7.05 Å². The molecule has 0 aliphatic rings. The molecule has 17 heavy (non-hydrogen) atoms. The number of aromatic nitrogens is 2. The highest BCUT2D eigenvalue weighted by atomic mass is 35.5. The van der Waals surface area contributed by atoms with Gasteiger partial charge in [-0.3, -0.25) is 0 Å². The number of hydrogen-bond acceptors (Lipinski definition) is 3. The van der Waals surface area contributed by atoms with Crippen LogP contribution in [0.25, 0.3) is 0 Å². The molecule has 0 aliphatic heterocycles. The van der Waals surface area contributed by atoms with Crippen LogP contribution in [0.15, 0.2) is 29.3 Å². The van der Waals surface area contributed by atoms with Gasteiger partial charge in [-0.25, -0.2) is 9.37 Å². The van der Waals surface area contributed by atoms with Crippen LogP contribution >= 0.6 is 23.4 Å². The lowest BCUT2D eigenvalue weighted by atomic mass is 10.3. The molecule has 2 rings (SSSR count). The van der Waals surface area contributed by atoms with E-state index in [4.69, 9.17) is 17.3 Å². The van der Waals surface area contributed by atoms with Crippen molar-refractivity contribution in [3.63, 3.8) is 0 Å². The SMILES string of the molecule is Cn1c(Cl)cnc1CSc1cc(F)ccc1N. The summed E-state index contributed by atoms with van der Waals surface area (Å²) in [6, 6.07) is 4.32. The number of imidazole rings is 1. The summed E-state index contributed by atoms with van der Waals surface area (Å²) in [6.45, 7) is 0. The Kier molecular flexibility index (Phi) is 3.59. The van der Waals surface area contributed by atoms with Crippen LogP contribution in [0.3, 0.4) is 0 Å². The zero-order valence-electron chi connectivity index (χ0n) is 9.15. The van der Waals surface area contributed by atoms with Crippen molar-refractivity contribution in [2.45, 2.75) is 10.6 Å². The van der Waals surface area contributed by atoms with Gasteiger partial charge in [-0.2, -0.15) is 0 Å². The molecule has 0 bridgehead atoms. The van der Waals surface area contributed by atoms with E-state index in [2.05, 4.69) is 4.98 Å². The van der Waals surface area contributed by atoms with E-state index in [0.29, 0.717) is 21.5 Å². The Morgan fingerprint density at radius 1 is 1.53 bits per heavy atom. The Balaban J connectivity index is 2.12. The summed E-state index contributed by atoms with van der Waals surface area (Å²) in [5.41, 5.74) is 6.32. The minimum atomic E-state index is -0.292. The predicted molar refractivity (Wildman–Crippen MR) is 68.6 cm³/mol. The Bertz CT molecular complexity index is 542. The Morgan fingerprint density at radius 2 is 2.29 bits per heavy atom. The zero-order chi connectivity index (χ0) is 12.4. The minimum Gasteiger partial charge on any atom is -0.398 e. The van der Waals surface area contributed by atoms with E-state index in [9.17, 15) is 4.39 Å². The molecule has 0 spiro atoms. The maximum atomic E-state index is 13.0. The predicted octanol–water partition coefficient (Wildman–Crippen LogP) is 3.09. The molecule has 0 aliphatic carbocycles. The highest BCUT2D eigenvalue weighted by Gasteiger charge is 2.07. The van der Waals surface area contributed by atoms with Gasteiger partial charge in [0.2, 0.25) is 0 Å². The van der Waals surface area contributed by atoms with Crippen molar-refractivity contribution in [1.29, 1.82) is 0 Å². The van der Waals surface area contributed by atoms with E-state index in [1.165, 1.54) is 23.9 Å². The molecule has 90 valence electrons. The monoisotopic (exact) mass is 271 g/mol. The van der Waals surface area contributed by atoms with E-state index in [1.807, 2.05) is 7.05 Å². The van der Waals surface area contributed by atoms with Gasteiger partial charge >= 0.3 is 0 Å². The first-order valence-electron chi connectivity index (χ1n) is 4.92. The van der Waals surface area contributed by atoms with Crippen molar-refractivity contribution >= 4 is 29.1 Å². The second kappa shape index (κ2) is 4.98. The number of thioether (sulfide) groups is 1. The molecular weight excluding hydrogens is 261 g/mol. The quantitative estimate of drug-likeness (QED) is 0.689. The Morgan fingerprint density at radius 3 is 2.94 bits per heavy atom. The van der Waals surface area contributed by atoms with Crippen molar-refractivity contribution in [2.75, 3.05) is 5.73 Å². The second-order valence-electron chi connectivity index (χ2n) is 3.53. The highest BCUT2D eigenvalue weighted by Crippen LogP contribution is 2.28. The molecule has 0 saturated heterocycles. The smallest absolute Gasteiger partial charge is 0.128 e. The lowest BCUT2D eigenvalue weighted by Crippen LogP contribution is -1.97. The standard InChI is InChI=1S/C11H11ClFN3S/c1-16-10(12)5-15-11(16)6-17-9-4-7(13)2-3-8(9)14/h2-5H,6,14H2,1H3. The van der Waals surface area contributed by atoms with E-state index in [1.54, 1.807) is 16.8 Å². The van der Waals surface area contributed by atoms with Crippen LogP contribution in [0.5, 0.6) is 0 Å². The summed E-state index contributed by atoms with van der Waals surface area (Å²) < 4.78 is 14.8. The fourth-order valence-corrected chi connectivity index (χ4v) is 2.46. The summed E-state index contributed by atoms with van der Waals surface area (Å²) in [7, 11) is 1.83. The van der Waals surface area contributed by atoms with E-state index in [0.717, 1.165) is 5.82 Å². The number of rotatable bonds is 3.